The van der Waals surface area contributed by atoms with Crippen LogP contribution in [0, 0.1) is 23.3 Å². The van der Waals surface area contributed by atoms with Crippen LogP contribution in [0.1, 0.15) is 12.1 Å². The number of methoxy groups -OCH3 is 1. The molecule has 44 heavy (non-hydrogen) atoms. The van der Waals surface area contributed by atoms with Crippen LogP contribution in [0.3, 0.4) is 0 Å². The number of aliphatic hydroxyl groups is 3. The molecule has 2 saturated heterocycles. The van der Waals surface area contributed by atoms with Crippen LogP contribution in [0.4, 0.5) is 17.6 Å². The van der Waals surface area contributed by atoms with Crippen LogP contribution in [0.25, 0.3) is 22.8 Å². The Kier molecular flexibility index (Phi) is 8.62. The van der Waals surface area contributed by atoms with E-state index in [1.807, 2.05) is 0 Å². The molecule has 0 radical (unpaired) electrons. The second-order valence-electron chi connectivity index (χ2n) is 10.5. The number of aliphatic hydroxyl groups excluding tert-OH is 3. The van der Waals surface area contributed by atoms with Crippen molar-refractivity contribution in [3.63, 3.8) is 0 Å². The summed E-state index contributed by atoms with van der Waals surface area (Å²) in [4.78, 5) is 7.80. The fraction of sp³-hybridized carbons (Fsp3) is 0.462. The lowest BCUT2D eigenvalue weighted by atomic mass is 10.0. The lowest BCUT2D eigenvalue weighted by Gasteiger charge is -2.51. The van der Waals surface area contributed by atoms with Crippen LogP contribution in [-0.4, -0.2) is 117 Å². The quantitative estimate of drug-likeness (QED) is 0.129. The van der Waals surface area contributed by atoms with Crippen molar-refractivity contribution in [3.05, 3.63) is 60.2 Å². The van der Waals surface area contributed by atoms with E-state index >= 15 is 0 Å². The molecule has 236 valence electrons. The molecule has 0 spiro atoms. The number of aromatic nitrogens is 8. The molecule has 2 fully saturated rings. The molecule has 2 aliphatic rings. The first kappa shape index (κ1) is 30.5. The molecule has 2 aliphatic heterocycles. The van der Waals surface area contributed by atoms with Gasteiger partial charge in [-0.15, -0.1) is 10.2 Å². The van der Waals surface area contributed by atoms with Crippen LogP contribution in [0.5, 0.6) is 0 Å². The van der Waals surface area contributed by atoms with Gasteiger partial charge < -0.3 is 24.8 Å². The van der Waals surface area contributed by atoms with Gasteiger partial charge >= 0.3 is 0 Å². The molecule has 13 nitrogen and oxygen atoms in total. The van der Waals surface area contributed by atoms with Crippen LogP contribution >= 0.6 is 10.9 Å². The van der Waals surface area contributed by atoms with Gasteiger partial charge in [0.05, 0.1) is 62.9 Å². The predicted molar refractivity (Wildman–Crippen MR) is 147 cm³/mol. The second-order valence-corrected chi connectivity index (χ2v) is 13.2. The van der Waals surface area contributed by atoms with Gasteiger partial charge in [-0.1, -0.05) is 10.4 Å². The maximum atomic E-state index is 13.8. The molecule has 0 bridgehead atoms. The van der Waals surface area contributed by atoms with Gasteiger partial charge in [0.2, 0.25) is 0 Å². The molecule has 4 aromatic rings. The summed E-state index contributed by atoms with van der Waals surface area (Å²) in [5, 5.41) is 48.4. The summed E-state index contributed by atoms with van der Waals surface area (Å²) in [5.41, 5.74) is 0.256. The smallest absolute Gasteiger partial charge is 0.194 e. The number of thiol groups is 1. The molecule has 5 heterocycles. The Balaban J connectivity index is 1.23. The average Bonchev–Trinajstić information content (AvgIpc) is 3.70. The Hall–Kier alpha value is -3.55. The molecule has 0 saturated carbocycles. The summed E-state index contributed by atoms with van der Waals surface area (Å²) in [5.74, 6) is -4.49. The number of halogens is 4. The predicted octanol–water partition coefficient (Wildman–Crippen LogP) is 0.844. The van der Waals surface area contributed by atoms with Crippen LogP contribution < -0.4 is 0 Å². The monoisotopic (exact) mass is 640 g/mol. The summed E-state index contributed by atoms with van der Waals surface area (Å²) < 4.78 is 68.7. The van der Waals surface area contributed by atoms with E-state index in [2.05, 4.69) is 30.6 Å². The van der Waals surface area contributed by atoms with Gasteiger partial charge in [0.1, 0.15) is 23.5 Å². The van der Waals surface area contributed by atoms with E-state index in [1.54, 1.807) is 0 Å². The Morgan fingerprint density at radius 2 is 1.61 bits per heavy atom. The standard InChI is InChI=1S/C26H28F4N8O5S/c1-42-19-11-44(21-10-43-9-18(24(21)40)37-7-17(34-35-37)26-31-4-13(27)5-32-26)20(8-39)25(41)23(19)38-6-16(33-36-38)12-2-14(28)22(30)15(29)3-12/h2-7,18-21,23-25,39-41,44H,8-11H2,1H3/t18-,19-,20+,21+,23+,24+,25-/m0/s1. The van der Waals surface area contributed by atoms with Crippen molar-refractivity contribution in [1.82, 2.24) is 40.0 Å². The maximum absolute atomic E-state index is 13.8. The molecule has 1 unspecified atom stereocenters. The Morgan fingerprint density at radius 1 is 0.955 bits per heavy atom. The Morgan fingerprint density at radius 3 is 2.30 bits per heavy atom. The van der Waals surface area contributed by atoms with Gasteiger partial charge in [0, 0.05) is 28.9 Å². The first-order chi connectivity index (χ1) is 21.2. The zero-order chi connectivity index (χ0) is 31.1. The highest BCUT2D eigenvalue weighted by atomic mass is 32.2. The normalized spacial score (nSPS) is 30.0. The molecule has 1 aromatic carbocycles. The summed E-state index contributed by atoms with van der Waals surface area (Å²) in [6, 6.07) is 0.0688. The van der Waals surface area contributed by atoms with E-state index in [1.165, 1.54) is 28.9 Å². The van der Waals surface area contributed by atoms with Crippen molar-refractivity contribution in [3.8, 4) is 22.8 Å². The average molecular weight is 641 g/mol. The molecular formula is C26H28F4N8O5S. The summed E-state index contributed by atoms with van der Waals surface area (Å²) in [6.45, 7) is -0.145. The summed E-state index contributed by atoms with van der Waals surface area (Å²) in [7, 11) is 0.118. The third kappa shape index (κ3) is 5.56. The zero-order valence-electron chi connectivity index (χ0n) is 23.0. The fourth-order valence-electron chi connectivity index (χ4n) is 5.76. The number of rotatable bonds is 7. The van der Waals surface area contributed by atoms with Crippen molar-refractivity contribution in [2.24, 2.45) is 0 Å². The van der Waals surface area contributed by atoms with Crippen molar-refractivity contribution in [2.75, 3.05) is 32.7 Å². The van der Waals surface area contributed by atoms with Crippen LogP contribution in [0.15, 0.2) is 36.9 Å². The van der Waals surface area contributed by atoms with Gasteiger partial charge in [0.15, 0.2) is 29.1 Å². The molecule has 3 aromatic heterocycles. The molecule has 0 amide bonds. The minimum Gasteiger partial charge on any atom is -0.395 e. The van der Waals surface area contributed by atoms with Gasteiger partial charge in [-0.2, -0.15) is 0 Å². The lowest BCUT2D eigenvalue weighted by molar-refractivity contribution is -0.0339. The van der Waals surface area contributed by atoms with E-state index < -0.39 is 81.7 Å². The van der Waals surface area contributed by atoms with E-state index in [-0.39, 0.29) is 36.0 Å². The van der Waals surface area contributed by atoms with Gasteiger partial charge in [-0.05, 0) is 12.1 Å². The molecule has 6 rings (SSSR count). The molecule has 8 atom stereocenters. The highest BCUT2D eigenvalue weighted by Crippen LogP contribution is 2.51. The molecule has 3 N–H and O–H groups in total. The first-order valence-corrected chi connectivity index (χ1v) is 15.2. The third-order valence-corrected chi connectivity index (χ3v) is 11.4. The lowest BCUT2D eigenvalue weighted by Crippen LogP contribution is -2.55. The SMILES string of the molecule is CO[C@H]1C[SH]([C@@H]2COC[C@H](n3cc(-c4ncc(F)cn4)nn3)[C@H]2O)[C@H](CO)[C@H](O)[C@@H]1n1cc(-c2cc(F)c(F)c(F)c2)nn1. The highest BCUT2D eigenvalue weighted by Gasteiger charge is 2.49. The largest absolute Gasteiger partial charge is 0.395 e. The zero-order valence-corrected chi connectivity index (χ0v) is 23.9. The van der Waals surface area contributed by atoms with Crippen molar-refractivity contribution < 1.29 is 42.4 Å². The van der Waals surface area contributed by atoms with Crippen molar-refractivity contribution >= 4 is 10.9 Å². The minimum absolute atomic E-state index is 0.0374. The third-order valence-electron chi connectivity index (χ3n) is 8.02. The van der Waals surface area contributed by atoms with E-state index in [9.17, 15) is 32.9 Å². The van der Waals surface area contributed by atoms with Crippen molar-refractivity contribution in [2.45, 2.75) is 40.9 Å². The van der Waals surface area contributed by atoms with Crippen molar-refractivity contribution in [1.29, 1.82) is 0 Å². The van der Waals surface area contributed by atoms with E-state index in [4.69, 9.17) is 9.47 Å². The first-order valence-electron chi connectivity index (χ1n) is 13.5. The van der Waals surface area contributed by atoms with Gasteiger partial charge in [0.25, 0.3) is 0 Å². The molecule has 18 heteroatoms. The van der Waals surface area contributed by atoms with Gasteiger partial charge in [-0.25, -0.2) is 47.8 Å². The summed E-state index contributed by atoms with van der Waals surface area (Å²) >= 11 is 0. The Bertz CT molecular complexity index is 1590. The minimum atomic E-state index is -1.61. The maximum Gasteiger partial charge on any atom is 0.194 e. The van der Waals surface area contributed by atoms with E-state index in [0.717, 1.165) is 24.5 Å². The topological polar surface area (TPSA) is 166 Å². The number of ether oxygens (including phenoxy) is 2. The van der Waals surface area contributed by atoms with Gasteiger partial charge in [-0.3, -0.25) is 0 Å². The van der Waals surface area contributed by atoms with E-state index in [0.29, 0.717) is 5.75 Å². The Labute approximate surface area is 249 Å². The molecule has 0 aliphatic carbocycles. The molecular weight excluding hydrogens is 612 g/mol. The van der Waals surface area contributed by atoms with Crippen LogP contribution in [0.2, 0.25) is 0 Å². The van der Waals surface area contributed by atoms with Crippen LogP contribution in [-0.2, 0) is 9.47 Å². The summed E-state index contributed by atoms with van der Waals surface area (Å²) in [6.07, 6.45) is 2.01. The highest BCUT2D eigenvalue weighted by molar-refractivity contribution is 8.18. The number of hydrogen-bond acceptors (Lipinski definition) is 11. The fourth-order valence-corrected chi connectivity index (χ4v) is 9.24. The number of nitrogens with zero attached hydrogens (tertiary/aromatic N) is 8. The second kappa shape index (κ2) is 12.4. The number of benzene rings is 1. The number of hydrogen-bond donors (Lipinski definition) is 4.